The second-order valence-electron chi connectivity index (χ2n) is 10.0. The molecule has 1 aromatic heterocycles. The summed E-state index contributed by atoms with van der Waals surface area (Å²) in [6.45, 7) is 2.65. The van der Waals surface area contributed by atoms with Crippen molar-refractivity contribution in [3.63, 3.8) is 0 Å². The maximum Gasteiger partial charge on any atom is 0.274 e. The first kappa shape index (κ1) is 22.6. The highest BCUT2D eigenvalue weighted by atomic mass is 16.2. The molecule has 2 fully saturated rings. The highest BCUT2D eigenvalue weighted by Crippen LogP contribution is 2.39. The van der Waals surface area contributed by atoms with E-state index >= 15 is 0 Å². The largest absolute Gasteiger partial charge is 0.351 e. The third-order valence-electron chi connectivity index (χ3n) is 7.35. The van der Waals surface area contributed by atoms with E-state index in [1.54, 1.807) is 9.47 Å². The molecule has 2 N–H and O–H groups in total. The number of carbonyl (C=O) groups excluding carboxylic acids is 3. The molecule has 1 unspecified atom stereocenters. The Balaban J connectivity index is 1.29. The molecule has 34 heavy (non-hydrogen) atoms. The van der Waals surface area contributed by atoms with Gasteiger partial charge in [0, 0.05) is 18.6 Å². The van der Waals surface area contributed by atoms with Crippen molar-refractivity contribution in [3.8, 4) is 0 Å². The van der Waals surface area contributed by atoms with Gasteiger partial charge < -0.3 is 20.1 Å². The molecule has 2 aliphatic carbocycles. The van der Waals surface area contributed by atoms with Gasteiger partial charge in [-0.1, -0.05) is 43.2 Å². The number of imidazole rings is 1. The molecule has 1 aromatic carbocycles. The van der Waals surface area contributed by atoms with Crippen LogP contribution in [0.5, 0.6) is 0 Å². The van der Waals surface area contributed by atoms with E-state index in [9.17, 15) is 14.4 Å². The second-order valence-corrected chi connectivity index (χ2v) is 10.0. The van der Waals surface area contributed by atoms with E-state index in [1.165, 1.54) is 11.9 Å². The molecular weight excluding hydrogens is 430 g/mol. The fourth-order valence-corrected chi connectivity index (χ4v) is 5.36. The molecular formula is C26H33N5O3. The van der Waals surface area contributed by atoms with Crippen LogP contribution >= 0.6 is 0 Å². The molecule has 0 bridgehead atoms. The van der Waals surface area contributed by atoms with Crippen LogP contribution in [0.2, 0.25) is 0 Å². The van der Waals surface area contributed by atoms with E-state index < -0.39 is 5.54 Å². The number of aromatic nitrogens is 2. The van der Waals surface area contributed by atoms with Crippen molar-refractivity contribution in [3.05, 3.63) is 53.6 Å². The number of carbonyl (C=O) groups is 3. The quantitative estimate of drug-likeness (QED) is 0.589. The van der Waals surface area contributed by atoms with Crippen LogP contribution < -0.4 is 10.6 Å². The summed E-state index contributed by atoms with van der Waals surface area (Å²) < 4.78 is 1.69. The average molecular weight is 464 g/mol. The van der Waals surface area contributed by atoms with Gasteiger partial charge in [0.25, 0.3) is 11.8 Å². The predicted molar refractivity (Wildman–Crippen MR) is 127 cm³/mol. The summed E-state index contributed by atoms with van der Waals surface area (Å²) in [5.74, 6) is -0.722. The van der Waals surface area contributed by atoms with Crippen LogP contribution in [0.3, 0.4) is 0 Å². The highest BCUT2D eigenvalue weighted by Gasteiger charge is 2.54. The summed E-state index contributed by atoms with van der Waals surface area (Å²) in [4.78, 5) is 46.0. The third-order valence-corrected chi connectivity index (χ3v) is 7.35. The molecule has 8 nitrogen and oxygen atoms in total. The molecule has 180 valence electrons. The third kappa shape index (κ3) is 4.33. The second kappa shape index (κ2) is 9.24. The highest BCUT2D eigenvalue weighted by molar-refractivity contribution is 6.07. The minimum Gasteiger partial charge on any atom is -0.351 e. The van der Waals surface area contributed by atoms with E-state index in [1.807, 2.05) is 25.1 Å². The normalized spacial score (nSPS) is 22.5. The summed E-state index contributed by atoms with van der Waals surface area (Å²) in [5.41, 5.74) is 0.673. The Morgan fingerprint density at radius 2 is 1.85 bits per heavy atom. The Morgan fingerprint density at radius 1 is 1.12 bits per heavy atom. The van der Waals surface area contributed by atoms with E-state index in [-0.39, 0.29) is 35.5 Å². The van der Waals surface area contributed by atoms with Crippen LogP contribution in [0.25, 0.3) is 0 Å². The smallest absolute Gasteiger partial charge is 0.274 e. The van der Waals surface area contributed by atoms with Gasteiger partial charge in [-0.15, -0.1) is 0 Å². The topological polar surface area (TPSA) is 96.3 Å². The number of benzene rings is 1. The lowest BCUT2D eigenvalue weighted by atomic mass is 9.93. The van der Waals surface area contributed by atoms with Gasteiger partial charge in [0.2, 0.25) is 5.91 Å². The van der Waals surface area contributed by atoms with Crippen LogP contribution in [0.4, 0.5) is 0 Å². The van der Waals surface area contributed by atoms with E-state index in [2.05, 4.69) is 27.8 Å². The van der Waals surface area contributed by atoms with Crippen molar-refractivity contribution in [2.24, 2.45) is 0 Å². The lowest BCUT2D eigenvalue weighted by Gasteiger charge is -2.44. The standard InChI is InChI=1S/C26H33N5O3/c1-26(25(34)29-19-11-5-6-12-19)16-30-17-28-21(22(30)24(33)31(26)20-13-14-20)23(32)27-15-7-10-18-8-3-2-4-9-18/h2-4,8-9,17,19-20H,5-7,10-16H2,1H3,(H,27,32)(H,29,34). The van der Waals surface area contributed by atoms with Crippen LogP contribution in [-0.4, -0.2) is 56.3 Å². The van der Waals surface area contributed by atoms with Gasteiger partial charge in [-0.25, -0.2) is 4.98 Å². The van der Waals surface area contributed by atoms with Crippen molar-refractivity contribution >= 4 is 17.7 Å². The van der Waals surface area contributed by atoms with Crippen molar-refractivity contribution < 1.29 is 14.4 Å². The van der Waals surface area contributed by atoms with Gasteiger partial charge in [0.05, 0.1) is 12.9 Å². The Labute approximate surface area is 200 Å². The van der Waals surface area contributed by atoms with Crippen molar-refractivity contribution in [1.82, 2.24) is 25.1 Å². The molecule has 2 heterocycles. The first-order valence-corrected chi connectivity index (χ1v) is 12.5. The monoisotopic (exact) mass is 463 g/mol. The maximum absolute atomic E-state index is 13.7. The van der Waals surface area contributed by atoms with Crippen LogP contribution in [0.15, 0.2) is 36.7 Å². The number of hydrogen-bond acceptors (Lipinski definition) is 4. The van der Waals surface area contributed by atoms with Crippen LogP contribution in [0.1, 0.15) is 78.4 Å². The van der Waals surface area contributed by atoms with Crippen molar-refractivity contribution in [1.29, 1.82) is 0 Å². The molecule has 3 amide bonds. The van der Waals surface area contributed by atoms with Gasteiger partial charge >= 0.3 is 0 Å². The SMILES string of the molecule is CC1(C(=O)NC2CCCC2)Cn2cnc(C(=O)NCCCc3ccccc3)c2C(=O)N1C1CC1. The molecule has 3 aliphatic rings. The number of amides is 3. The zero-order chi connectivity index (χ0) is 23.7. The minimum absolute atomic E-state index is 0.0391. The zero-order valence-electron chi connectivity index (χ0n) is 19.8. The molecule has 2 aromatic rings. The van der Waals surface area contributed by atoms with Crippen LogP contribution in [0, 0.1) is 0 Å². The molecule has 8 heteroatoms. The van der Waals surface area contributed by atoms with Gasteiger partial charge in [0.1, 0.15) is 11.2 Å². The Kier molecular flexibility index (Phi) is 6.15. The first-order chi connectivity index (χ1) is 16.5. The summed E-state index contributed by atoms with van der Waals surface area (Å²) in [7, 11) is 0. The Hall–Kier alpha value is -3.16. The molecule has 1 aliphatic heterocycles. The lowest BCUT2D eigenvalue weighted by molar-refractivity contribution is -0.134. The number of rotatable bonds is 8. The Morgan fingerprint density at radius 3 is 2.56 bits per heavy atom. The molecule has 1 atom stereocenters. The zero-order valence-corrected chi connectivity index (χ0v) is 19.8. The lowest BCUT2D eigenvalue weighted by Crippen LogP contribution is -2.65. The molecule has 0 spiro atoms. The summed E-state index contributed by atoms with van der Waals surface area (Å²) in [5, 5.41) is 6.10. The Bertz CT molecular complexity index is 1070. The van der Waals surface area contributed by atoms with Gasteiger partial charge in [0.15, 0.2) is 5.69 Å². The number of aryl methyl sites for hydroxylation is 1. The van der Waals surface area contributed by atoms with Crippen LogP contribution in [-0.2, 0) is 17.8 Å². The van der Waals surface area contributed by atoms with E-state index in [0.29, 0.717) is 18.8 Å². The summed E-state index contributed by atoms with van der Waals surface area (Å²) in [6, 6.07) is 10.4. The number of nitrogens with zero attached hydrogens (tertiary/aromatic N) is 3. The average Bonchev–Trinajstić information content (AvgIpc) is 3.34. The summed E-state index contributed by atoms with van der Waals surface area (Å²) >= 11 is 0. The van der Waals surface area contributed by atoms with Gasteiger partial charge in [-0.2, -0.15) is 0 Å². The fraction of sp³-hybridized carbons (Fsp3) is 0.538. The van der Waals surface area contributed by atoms with E-state index in [4.69, 9.17) is 0 Å². The van der Waals surface area contributed by atoms with Gasteiger partial charge in [-0.05, 0) is 51.0 Å². The summed E-state index contributed by atoms with van der Waals surface area (Å²) in [6.07, 6.45) is 9.19. The molecule has 0 radical (unpaired) electrons. The fourth-order valence-electron chi connectivity index (χ4n) is 5.36. The van der Waals surface area contributed by atoms with Gasteiger partial charge in [-0.3, -0.25) is 14.4 Å². The number of nitrogens with one attached hydrogen (secondary N) is 2. The first-order valence-electron chi connectivity index (χ1n) is 12.5. The van der Waals surface area contributed by atoms with Crippen molar-refractivity contribution in [2.45, 2.75) is 82.5 Å². The van der Waals surface area contributed by atoms with Crippen molar-refractivity contribution in [2.75, 3.05) is 6.54 Å². The minimum atomic E-state index is -0.988. The number of hydrogen-bond donors (Lipinski definition) is 2. The molecule has 5 rings (SSSR count). The molecule has 0 saturated heterocycles. The molecule has 2 saturated carbocycles. The maximum atomic E-state index is 13.7. The predicted octanol–water partition coefficient (Wildman–Crippen LogP) is 2.68. The van der Waals surface area contributed by atoms with E-state index in [0.717, 1.165) is 51.4 Å². The number of fused-ring (bicyclic) bond motifs is 1.